The minimum Gasteiger partial charge on any atom is -0.444 e. The van der Waals surface area contributed by atoms with Gasteiger partial charge in [0.15, 0.2) is 0 Å². The highest BCUT2D eigenvalue weighted by Gasteiger charge is 2.10. The molecule has 2 rings (SSSR count). The van der Waals surface area contributed by atoms with Crippen molar-refractivity contribution >= 4 is 17.7 Å². The highest BCUT2D eigenvalue weighted by atomic mass is 16.5. The van der Waals surface area contributed by atoms with Crippen molar-refractivity contribution in [1.82, 2.24) is 0 Å². The molecule has 0 aliphatic heterocycles. The molecule has 0 aromatic heterocycles. The maximum Gasteiger partial charge on any atom is 0.411 e. The molecule has 0 fully saturated rings. The second kappa shape index (κ2) is 7.95. The summed E-state index contributed by atoms with van der Waals surface area (Å²) in [6.45, 7) is 1.73. The first-order valence-electron chi connectivity index (χ1n) is 7.09. The fraction of sp³-hybridized carbons (Fsp3) is 0.176. The predicted molar refractivity (Wildman–Crippen MR) is 86.0 cm³/mol. The van der Waals surface area contributed by atoms with Crippen LogP contribution in [0.5, 0.6) is 5.75 Å². The molecular formula is C17H18N2O4. The van der Waals surface area contributed by atoms with Crippen LogP contribution in [0.4, 0.5) is 10.5 Å². The summed E-state index contributed by atoms with van der Waals surface area (Å²) in [6.07, 6.45) is -0.561. The molecule has 0 saturated carbocycles. The van der Waals surface area contributed by atoms with Crippen LogP contribution in [-0.4, -0.2) is 18.1 Å². The van der Waals surface area contributed by atoms with Gasteiger partial charge >= 0.3 is 12.1 Å². The second-order valence-corrected chi connectivity index (χ2v) is 4.92. The van der Waals surface area contributed by atoms with Crippen LogP contribution in [0.2, 0.25) is 0 Å². The fourth-order valence-electron chi connectivity index (χ4n) is 1.69. The van der Waals surface area contributed by atoms with Crippen molar-refractivity contribution in [1.29, 1.82) is 0 Å². The zero-order valence-corrected chi connectivity index (χ0v) is 12.7. The molecule has 3 N–H and O–H groups in total. The molecule has 6 heteroatoms. The van der Waals surface area contributed by atoms with E-state index in [0.29, 0.717) is 11.4 Å². The summed E-state index contributed by atoms with van der Waals surface area (Å²) < 4.78 is 10.1. The maximum absolute atomic E-state index is 11.7. The van der Waals surface area contributed by atoms with Crippen molar-refractivity contribution in [2.75, 3.05) is 5.32 Å². The van der Waals surface area contributed by atoms with E-state index in [1.165, 1.54) is 0 Å². The van der Waals surface area contributed by atoms with Crippen LogP contribution in [0.15, 0.2) is 54.6 Å². The highest BCUT2D eigenvalue weighted by molar-refractivity contribution is 5.84. The lowest BCUT2D eigenvalue weighted by Crippen LogP contribution is -2.30. The number of carbonyl (C=O) groups is 2. The van der Waals surface area contributed by atoms with E-state index < -0.39 is 18.1 Å². The van der Waals surface area contributed by atoms with E-state index in [2.05, 4.69) is 5.32 Å². The van der Waals surface area contributed by atoms with Gasteiger partial charge in [-0.25, -0.2) is 9.59 Å². The number of amides is 1. The van der Waals surface area contributed by atoms with Crippen LogP contribution in [0.3, 0.4) is 0 Å². The van der Waals surface area contributed by atoms with Crippen molar-refractivity contribution in [3.63, 3.8) is 0 Å². The van der Waals surface area contributed by atoms with Crippen LogP contribution < -0.4 is 15.8 Å². The zero-order valence-electron chi connectivity index (χ0n) is 12.7. The summed E-state index contributed by atoms with van der Waals surface area (Å²) in [7, 11) is 0. The number of ether oxygens (including phenoxy) is 2. The fourth-order valence-corrected chi connectivity index (χ4v) is 1.69. The number of carbonyl (C=O) groups excluding carboxylic acids is 2. The van der Waals surface area contributed by atoms with Gasteiger partial charge < -0.3 is 15.2 Å². The smallest absolute Gasteiger partial charge is 0.411 e. The minimum absolute atomic E-state index is 0.191. The molecule has 0 heterocycles. The van der Waals surface area contributed by atoms with Gasteiger partial charge in [-0.15, -0.1) is 0 Å². The third kappa shape index (κ3) is 5.44. The van der Waals surface area contributed by atoms with E-state index in [-0.39, 0.29) is 6.61 Å². The van der Waals surface area contributed by atoms with Crippen molar-refractivity contribution < 1.29 is 19.1 Å². The zero-order chi connectivity index (χ0) is 16.7. The van der Waals surface area contributed by atoms with Crippen LogP contribution in [0.1, 0.15) is 12.5 Å². The van der Waals surface area contributed by atoms with Gasteiger partial charge in [-0.05, 0) is 36.8 Å². The second-order valence-electron chi connectivity index (χ2n) is 4.92. The van der Waals surface area contributed by atoms with Gasteiger partial charge in [0.05, 0.1) is 0 Å². The maximum atomic E-state index is 11.7. The first-order chi connectivity index (χ1) is 11.0. The molecule has 0 saturated heterocycles. The molecule has 0 aliphatic carbocycles. The Hall–Kier alpha value is -2.86. The first kappa shape index (κ1) is 16.5. The van der Waals surface area contributed by atoms with E-state index in [1.54, 1.807) is 31.2 Å². The monoisotopic (exact) mass is 314 g/mol. The van der Waals surface area contributed by atoms with Crippen LogP contribution in [0.25, 0.3) is 0 Å². The third-order valence-electron chi connectivity index (χ3n) is 2.90. The number of nitrogens with one attached hydrogen (secondary N) is 1. The van der Waals surface area contributed by atoms with Gasteiger partial charge in [0.1, 0.15) is 18.4 Å². The summed E-state index contributed by atoms with van der Waals surface area (Å²) in [5, 5.41) is 2.59. The number of hydrogen-bond acceptors (Lipinski definition) is 5. The normalized spacial score (nSPS) is 11.4. The Morgan fingerprint density at radius 2 is 1.74 bits per heavy atom. The molecule has 6 nitrogen and oxygen atoms in total. The minimum atomic E-state index is -0.694. The molecule has 0 radical (unpaired) electrons. The molecule has 23 heavy (non-hydrogen) atoms. The number of anilines is 1. The summed E-state index contributed by atoms with van der Waals surface area (Å²) in [5.74, 6) is -0.163. The Labute approximate surface area is 134 Å². The van der Waals surface area contributed by atoms with Gasteiger partial charge in [0, 0.05) is 5.69 Å². The third-order valence-corrected chi connectivity index (χ3v) is 2.90. The Morgan fingerprint density at radius 1 is 1.09 bits per heavy atom. The lowest BCUT2D eigenvalue weighted by atomic mass is 10.2. The Bertz CT molecular complexity index is 654. The summed E-state index contributed by atoms with van der Waals surface area (Å²) >= 11 is 0. The number of hydrogen-bond donors (Lipinski definition) is 2. The molecule has 1 atom stereocenters. The lowest BCUT2D eigenvalue weighted by Gasteiger charge is -2.09. The van der Waals surface area contributed by atoms with Crippen LogP contribution in [0, 0.1) is 0 Å². The van der Waals surface area contributed by atoms with Gasteiger partial charge in [-0.2, -0.15) is 0 Å². The summed E-state index contributed by atoms with van der Waals surface area (Å²) in [5.41, 5.74) is 6.85. The van der Waals surface area contributed by atoms with Crippen LogP contribution in [-0.2, 0) is 16.1 Å². The summed E-state index contributed by atoms with van der Waals surface area (Å²) in [6, 6.07) is 15.0. The van der Waals surface area contributed by atoms with Gasteiger partial charge in [0.2, 0.25) is 0 Å². The van der Waals surface area contributed by atoms with Crippen molar-refractivity contribution in [3.05, 3.63) is 60.2 Å². The standard InChI is InChI=1S/C17H18N2O4/c1-12(18)16(20)23-15-9-7-14(8-10-15)19-17(21)22-11-13-5-3-2-4-6-13/h2-10,12H,11,18H2,1H3,(H,19,21)/t12-/m1/s1. The Kier molecular flexibility index (Phi) is 5.71. The molecule has 0 spiro atoms. The molecule has 1 amide bonds. The number of esters is 1. The van der Waals surface area contributed by atoms with Crippen molar-refractivity contribution in [2.45, 2.75) is 19.6 Å². The quantitative estimate of drug-likeness (QED) is 0.654. The van der Waals surface area contributed by atoms with Gasteiger partial charge in [-0.3, -0.25) is 5.32 Å². The van der Waals surface area contributed by atoms with Crippen LogP contribution >= 0.6 is 0 Å². The van der Waals surface area contributed by atoms with Crippen molar-refractivity contribution in [2.24, 2.45) is 5.73 Å². The summed E-state index contributed by atoms with van der Waals surface area (Å²) in [4.78, 5) is 23.1. The topological polar surface area (TPSA) is 90.7 Å². The largest absolute Gasteiger partial charge is 0.444 e. The molecule has 2 aromatic carbocycles. The number of nitrogens with two attached hydrogens (primary N) is 1. The average Bonchev–Trinajstić information content (AvgIpc) is 2.55. The Balaban J connectivity index is 1.83. The first-order valence-corrected chi connectivity index (χ1v) is 7.09. The Morgan fingerprint density at radius 3 is 2.35 bits per heavy atom. The molecule has 0 aliphatic rings. The lowest BCUT2D eigenvalue weighted by molar-refractivity contribution is -0.135. The van der Waals surface area contributed by atoms with E-state index in [1.807, 2.05) is 30.3 Å². The molecule has 2 aromatic rings. The van der Waals surface area contributed by atoms with E-state index in [9.17, 15) is 9.59 Å². The molecular weight excluding hydrogens is 296 g/mol. The highest BCUT2D eigenvalue weighted by Crippen LogP contribution is 2.16. The molecule has 120 valence electrons. The SMILES string of the molecule is C[C@@H](N)C(=O)Oc1ccc(NC(=O)OCc2ccccc2)cc1. The average molecular weight is 314 g/mol. The van der Waals surface area contributed by atoms with Gasteiger partial charge in [-0.1, -0.05) is 30.3 Å². The number of benzene rings is 2. The predicted octanol–water partition coefficient (Wildman–Crippen LogP) is 2.69. The molecule has 0 bridgehead atoms. The van der Waals surface area contributed by atoms with E-state index in [4.69, 9.17) is 15.2 Å². The molecule has 0 unspecified atom stereocenters. The van der Waals surface area contributed by atoms with Crippen molar-refractivity contribution in [3.8, 4) is 5.75 Å². The van der Waals surface area contributed by atoms with E-state index >= 15 is 0 Å². The number of rotatable bonds is 5. The van der Waals surface area contributed by atoms with Gasteiger partial charge in [0.25, 0.3) is 0 Å². The van der Waals surface area contributed by atoms with E-state index in [0.717, 1.165) is 5.56 Å².